The second-order valence-corrected chi connectivity index (χ2v) is 4.49. The van der Waals surface area contributed by atoms with Crippen LogP contribution in [0.15, 0.2) is 12.3 Å². The van der Waals surface area contributed by atoms with Crippen molar-refractivity contribution in [1.82, 2.24) is 9.97 Å². The standard InChI is InChI=1S/C12H19N3O2/c1-9(16)10-4-3-7-15(8-10)12-13-6-5-11(14-12)17-2/h5-6,9-10,16H,3-4,7-8H2,1-2H3. The van der Waals surface area contributed by atoms with E-state index in [1.54, 1.807) is 19.4 Å². The molecule has 5 nitrogen and oxygen atoms in total. The molecule has 17 heavy (non-hydrogen) atoms. The minimum Gasteiger partial charge on any atom is -0.481 e. The number of aliphatic hydroxyl groups excluding tert-OH is 1. The van der Waals surface area contributed by atoms with Gasteiger partial charge in [-0.3, -0.25) is 0 Å². The zero-order chi connectivity index (χ0) is 12.3. The van der Waals surface area contributed by atoms with E-state index in [1.165, 1.54) is 0 Å². The first kappa shape index (κ1) is 12.1. The summed E-state index contributed by atoms with van der Waals surface area (Å²) in [6.07, 6.45) is 3.56. The summed E-state index contributed by atoms with van der Waals surface area (Å²) in [4.78, 5) is 10.7. The maximum atomic E-state index is 9.65. The fourth-order valence-electron chi connectivity index (χ4n) is 2.18. The van der Waals surface area contributed by atoms with Crippen molar-refractivity contribution in [3.05, 3.63) is 12.3 Å². The summed E-state index contributed by atoms with van der Waals surface area (Å²) < 4.78 is 5.09. The number of anilines is 1. The maximum Gasteiger partial charge on any atom is 0.228 e. The van der Waals surface area contributed by atoms with Gasteiger partial charge in [0.2, 0.25) is 11.8 Å². The molecule has 1 N–H and O–H groups in total. The highest BCUT2D eigenvalue weighted by Gasteiger charge is 2.24. The molecule has 1 aromatic heterocycles. The van der Waals surface area contributed by atoms with Gasteiger partial charge in [0.1, 0.15) is 0 Å². The molecular formula is C12H19N3O2. The number of aliphatic hydroxyl groups is 1. The van der Waals surface area contributed by atoms with Gasteiger partial charge >= 0.3 is 0 Å². The van der Waals surface area contributed by atoms with Crippen LogP contribution in [0.4, 0.5) is 5.95 Å². The molecule has 1 aromatic rings. The van der Waals surface area contributed by atoms with E-state index in [-0.39, 0.29) is 6.10 Å². The lowest BCUT2D eigenvalue weighted by molar-refractivity contribution is 0.114. The van der Waals surface area contributed by atoms with Gasteiger partial charge < -0.3 is 14.7 Å². The first-order valence-electron chi connectivity index (χ1n) is 6.00. The van der Waals surface area contributed by atoms with Crippen LogP contribution in [0.3, 0.4) is 0 Å². The molecule has 0 saturated carbocycles. The Morgan fingerprint density at radius 3 is 3.12 bits per heavy atom. The number of nitrogens with zero attached hydrogens (tertiary/aromatic N) is 3. The van der Waals surface area contributed by atoms with Crippen molar-refractivity contribution in [3.8, 4) is 5.88 Å². The SMILES string of the molecule is COc1ccnc(N2CCCC(C(C)O)C2)n1. The van der Waals surface area contributed by atoms with Crippen LogP contribution in [0.2, 0.25) is 0 Å². The zero-order valence-corrected chi connectivity index (χ0v) is 10.3. The van der Waals surface area contributed by atoms with E-state index in [4.69, 9.17) is 4.74 Å². The van der Waals surface area contributed by atoms with Crippen LogP contribution in [-0.2, 0) is 0 Å². The number of piperidine rings is 1. The van der Waals surface area contributed by atoms with Crippen molar-refractivity contribution >= 4 is 5.95 Å². The summed E-state index contributed by atoms with van der Waals surface area (Å²) in [7, 11) is 1.60. The van der Waals surface area contributed by atoms with Crippen LogP contribution in [0, 0.1) is 5.92 Å². The molecule has 1 aliphatic heterocycles. The van der Waals surface area contributed by atoms with Crippen LogP contribution in [0.1, 0.15) is 19.8 Å². The highest BCUT2D eigenvalue weighted by Crippen LogP contribution is 2.23. The van der Waals surface area contributed by atoms with Gasteiger partial charge in [-0.15, -0.1) is 0 Å². The van der Waals surface area contributed by atoms with E-state index in [2.05, 4.69) is 14.9 Å². The maximum absolute atomic E-state index is 9.65. The third kappa shape index (κ3) is 2.85. The minimum atomic E-state index is -0.275. The van der Waals surface area contributed by atoms with Crippen LogP contribution in [-0.4, -0.2) is 41.4 Å². The number of ether oxygens (including phenoxy) is 1. The number of hydrogen-bond donors (Lipinski definition) is 1. The Labute approximate surface area is 101 Å². The Kier molecular flexibility index (Phi) is 3.78. The second-order valence-electron chi connectivity index (χ2n) is 4.49. The molecule has 2 heterocycles. The van der Waals surface area contributed by atoms with E-state index in [9.17, 15) is 5.11 Å². The van der Waals surface area contributed by atoms with Crippen LogP contribution < -0.4 is 9.64 Å². The normalized spacial score (nSPS) is 22.3. The summed E-state index contributed by atoms with van der Waals surface area (Å²) in [5, 5.41) is 9.65. The Bertz CT molecular complexity index is 371. The summed E-state index contributed by atoms with van der Waals surface area (Å²) in [6, 6.07) is 1.74. The lowest BCUT2D eigenvalue weighted by Crippen LogP contribution is -2.40. The highest BCUT2D eigenvalue weighted by atomic mass is 16.5. The van der Waals surface area contributed by atoms with Gasteiger partial charge in [0.15, 0.2) is 0 Å². The monoisotopic (exact) mass is 237 g/mol. The van der Waals surface area contributed by atoms with Crippen LogP contribution in [0.5, 0.6) is 5.88 Å². The molecule has 94 valence electrons. The summed E-state index contributed by atoms with van der Waals surface area (Å²) >= 11 is 0. The fourth-order valence-corrected chi connectivity index (χ4v) is 2.18. The average molecular weight is 237 g/mol. The predicted molar refractivity (Wildman–Crippen MR) is 65.2 cm³/mol. The van der Waals surface area contributed by atoms with Crippen molar-refractivity contribution in [3.63, 3.8) is 0 Å². The Balaban J connectivity index is 2.10. The van der Waals surface area contributed by atoms with Gasteiger partial charge in [-0.2, -0.15) is 4.98 Å². The molecule has 2 atom stereocenters. The quantitative estimate of drug-likeness (QED) is 0.852. The van der Waals surface area contributed by atoms with Crippen molar-refractivity contribution in [2.75, 3.05) is 25.1 Å². The molecule has 0 aromatic carbocycles. The smallest absolute Gasteiger partial charge is 0.228 e. The first-order valence-corrected chi connectivity index (χ1v) is 6.00. The van der Waals surface area contributed by atoms with Crippen molar-refractivity contribution < 1.29 is 9.84 Å². The molecule has 2 rings (SSSR count). The first-order chi connectivity index (χ1) is 8.20. The van der Waals surface area contributed by atoms with Gasteiger partial charge in [0, 0.05) is 31.3 Å². The summed E-state index contributed by atoms with van der Waals surface area (Å²) in [6.45, 7) is 3.60. The summed E-state index contributed by atoms with van der Waals surface area (Å²) in [5.41, 5.74) is 0. The molecule has 0 aliphatic carbocycles. The molecule has 0 amide bonds. The predicted octanol–water partition coefficient (Wildman–Crippen LogP) is 1.08. The van der Waals surface area contributed by atoms with Crippen LogP contribution >= 0.6 is 0 Å². The van der Waals surface area contributed by atoms with Gasteiger partial charge in [0.05, 0.1) is 13.2 Å². The number of hydrogen-bond acceptors (Lipinski definition) is 5. The van der Waals surface area contributed by atoms with E-state index in [0.29, 0.717) is 17.7 Å². The number of aromatic nitrogens is 2. The number of rotatable bonds is 3. The molecule has 1 aliphatic rings. The fraction of sp³-hybridized carbons (Fsp3) is 0.667. The van der Waals surface area contributed by atoms with Crippen molar-refractivity contribution in [1.29, 1.82) is 0 Å². The van der Waals surface area contributed by atoms with E-state index >= 15 is 0 Å². The van der Waals surface area contributed by atoms with Crippen molar-refractivity contribution in [2.45, 2.75) is 25.9 Å². The van der Waals surface area contributed by atoms with E-state index in [0.717, 1.165) is 25.9 Å². The Morgan fingerprint density at radius 2 is 2.41 bits per heavy atom. The summed E-state index contributed by atoms with van der Waals surface area (Å²) in [5.74, 6) is 1.57. The van der Waals surface area contributed by atoms with Gasteiger partial charge in [-0.1, -0.05) is 0 Å². The molecular weight excluding hydrogens is 218 g/mol. The minimum absolute atomic E-state index is 0.275. The molecule has 0 spiro atoms. The molecule has 2 unspecified atom stereocenters. The largest absolute Gasteiger partial charge is 0.481 e. The van der Waals surface area contributed by atoms with Gasteiger partial charge in [-0.25, -0.2) is 4.98 Å². The molecule has 1 fully saturated rings. The Hall–Kier alpha value is -1.36. The lowest BCUT2D eigenvalue weighted by Gasteiger charge is -2.34. The lowest BCUT2D eigenvalue weighted by atomic mass is 9.94. The van der Waals surface area contributed by atoms with E-state index < -0.39 is 0 Å². The molecule has 0 radical (unpaired) electrons. The zero-order valence-electron chi connectivity index (χ0n) is 10.3. The van der Waals surface area contributed by atoms with Gasteiger partial charge in [0.25, 0.3) is 0 Å². The van der Waals surface area contributed by atoms with Crippen molar-refractivity contribution in [2.24, 2.45) is 5.92 Å². The number of methoxy groups -OCH3 is 1. The third-order valence-corrected chi connectivity index (χ3v) is 3.25. The topological polar surface area (TPSA) is 58.5 Å². The highest BCUT2D eigenvalue weighted by molar-refractivity contribution is 5.32. The molecule has 0 bridgehead atoms. The van der Waals surface area contributed by atoms with E-state index in [1.807, 2.05) is 6.92 Å². The van der Waals surface area contributed by atoms with Gasteiger partial charge in [-0.05, 0) is 19.8 Å². The molecule has 5 heteroatoms. The Morgan fingerprint density at radius 1 is 1.59 bits per heavy atom. The molecule has 1 saturated heterocycles. The second kappa shape index (κ2) is 5.31. The van der Waals surface area contributed by atoms with Crippen LogP contribution in [0.25, 0.3) is 0 Å². The average Bonchev–Trinajstić information content (AvgIpc) is 2.39. The third-order valence-electron chi connectivity index (χ3n) is 3.25.